The molecule has 13 N–H and O–H groups in total. The van der Waals surface area contributed by atoms with Crippen LogP contribution in [0.4, 0.5) is 0 Å². The average Bonchev–Trinajstić information content (AvgIpc) is 3.54. The van der Waals surface area contributed by atoms with Crippen molar-refractivity contribution < 1.29 is 94.8 Å². The maximum absolute atomic E-state index is 12.6. The van der Waals surface area contributed by atoms with Gasteiger partial charge in [-0.15, -0.1) is 0 Å². The second-order valence-corrected chi connectivity index (χ2v) is 23.0. The zero-order valence-corrected chi connectivity index (χ0v) is 40.3. The summed E-state index contributed by atoms with van der Waals surface area (Å²) in [6.07, 6.45) is -17.3. The lowest BCUT2D eigenvalue weighted by Crippen LogP contribution is -2.65. The van der Waals surface area contributed by atoms with E-state index >= 15 is 0 Å². The van der Waals surface area contributed by atoms with Crippen molar-refractivity contribution in [1.29, 1.82) is 0 Å². The van der Waals surface area contributed by atoms with E-state index in [1.54, 1.807) is 13.8 Å². The minimum atomic E-state index is -1.83. The summed E-state index contributed by atoms with van der Waals surface area (Å²) in [6, 6.07) is 0. The van der Waals surface area contributed by atoms with Crippen molar-refractivity contribution in [2.75, 3.05) is 19.8 Å². The lowest BCUT2D eigenvalue weighted by Gasteiger charge is -2.67. The van der Waals surface area contributed by atoms with Crippen molar-refractivity contribution in [2.24, 2.45) is 45.3 Å². The number of rotatable bonds is 14. The molecule has 3 saturated heterocycles. The highest BCUT2D eigenvalue weighted by molar-refractivity contribution is 5.32. The summed E-state index contributed by atoms with van der Waals surface area (Å²) in [7, 11) is 0. The van der Waals surface area contributed by atoms with Gasteiger partial charge in [-0.1, -0.05) is 53.2 Å². The Morgan fingerprint density at radius 3 is 1.72 bits per heavy atom. The Balaban J connectivity index is 1.06. The van der Waals surface area contributed by atoms with Crippen LogP contribution in [0.2, 0.25) is 0 Å². The van der Waals surface area contributed by atoms with E-state index in [0.717, 1.165) is 25.7 Å². The van der Waals surface area contributed by atoms with Crippen molar-refractivity contribution in [3.63, 3.8) is 0 Å². The van der Waals surface area contributed by atoms with Gasteiger partial charge in [-0.3, -0.25) is 0 Å². The smallest absolute Gasteiger partial charge is 0.187 e. The van der Waals surface area contributed by atoms with Crippen LogP contribution in [0.25, 0.3) is 0 Å². The molecule has 67 heavy (non-hydrogen) atoms. The first-order valence-electron chi connectivity index (χ1n) is 24.5. The second-order valence-electron chi connectivity index (χ2n) is 23.0. The molecule has 0 aromatic rings. The van der Waals surface area contributed by atoms with E-state index in [2.05, 4.69) is 47.6 Å². The summed E-state index contributed by atoms with van der Waals surface area (Å²) < 4.78 is 35.9. The monoisotopic (exact) mass is 963 g/mol. The molecule has 19 nitrogen and oxygen atoms in total. The van der Waals surface area contributed by atoms with Gasteiger partial charge in [-0.25, -0.2) is 0 Å². The van der Waals surface area contributed by atoms with Gasteiger partial charge in [0.25, 0.3) is 0 Å². The van der Waals surface area contributed by atoms with Crippen LogP contribution in [0.3, 0.4) is 0 Å². The van der Waals surface area contributed by atoms with Crippen LogP contribution < -0.4 is 0 Å². The van der Waals surface area contributed by atoms with E-state index in [0.29, 0.717) is 25.7 Å². The fraction of sp³-hybridized carbons (Fsp3) is 0.958. The van der Waals surface area contributed by atoms with Gasteiger partial charge in [-0.2, -0.15) is 0 Å². The minimum absolute atomic E-state index is 0.0500. The van der Waals surface area contributed by atoms with E-state index < -0.39 is 147 Å². The largest absolute Gasteiger partial charge is 0.394 e. The number of hydrogen-bond donors (Lipinski definition) is 13. The third-order valence-electron chi connectivity index (χ3n) is 18.7. The average molecular weight is 963 g/mol. The van der Waals surface area contributed by atoms with Crippen molar-refractivity contribution in [3.05, 3.63) is 11.6 Å². The molecule has 0 unspecified atom stereocenters. The van der Waals surface area contributed by atoms with Gasteiger partial charge in [0.1, 0.15) is 73.2 Å². The van der Waals surface area contributed by atoms with Crippen LogP contribution >= 0.6 is 0 Å². The van der Waals surface area contributed by atoms with Crippen LogP contribution in [0.5, 0.6) is 0 Å². The van der Waals surface area contributed by atoms with Crippen molar-refractivity contribution in [3.8, 4) is 0 Å². The van der Waals surface area contributed by atoms with E-state index in [9.17, 15) is 66.4 Å². The van der Waals surface area contributed by atoms with Crippen molar-refractivity contribution in [2.45, 2.75) is 223 Å². The lowest BCUT2D eigenvalue weighted by atomic mass is 9.38. The van der Waals surface area contributed by atoms with Crippen LogP contribution in [0, 0.1) is 45.3 Å². The lowest BCUT2D eigenvalue weighted by molar-refractivity contribution is -0.375. The molecule has 7 rings (SSSR count). The fourth-order valence-electron chi connectivity index (χ4n) is 14.2. The molecule has 4 aliphatic carbocycles. The number of hydrogen-bond acceptors (Lipinski definition) is 19. The molecule has 3 heterocycles. The molecule has 0 amide bonds. The molecule has 3 saturated carbocycles. The van der Waals surface area contributed by atoms with Gasteiger partial charge >= 0.3 is 0 Å². The Bertz CT molecular complexity index is 1710. The summed E-state index contributed by atoms with van der Waals surface area (Å²) >= 11 is 0. The molecule has 6 fully saturated rings. The first-order chi connectivity index (χ1) is 31.2. The zero-order valence-electron chi connectivity index (χ0n) is 40.3. The maximum Gasteiger partial charge on any atom is 0.187 e. The van der Waals surface area contributed by atoms with E-state index in [4.69, 9.17) is 28.4 Å². The Morgan fingerprint density at radius 2 is 1.18 bits per heavy atom. The molecule has 0 spiro atoms. The van der Waals surface area contributed by atoms with E-state index in [1.807, 2.05) is 0 Å². The molecular formula is C48H82O19. The summed E-state index contributed by atoms with van der Waals surface area (Å²) in [5, 5.41) is 139. The summed E-state index contributed by atoms with van der Waals surface area (Å²) in [6.45, 7) is 14.5. The highest BCUT2D eigenvalue weighted by atomic mass is 16.8. The molecular weight excluding hydrogens is 881 g/mol. The molecule has 7 aliphatic rings. The Morgan fingerprint density at radius 1 is 0.657 bits per heavy atom. The number of fused-ring (bicyclic) bond motifs is 5. The molecule has 19 heteroatoms. The first-order valence-corrected chi connectivity index (χ1v) is 24.5. The number of aliphatic hydroxyl groups is 13. The molecule has 0 aromatic heterocycles. The normalized spacial score (nSPS) is 51.0. The van der Waals surface area contributed by atoms with Gasteiger partial charge in [0.05, 0.1) is 43.7 Å². The van der Waals surface area contributed by atoms with Crippen molar-refractivity contribution >= 4 is 0 Å². The summed E-state index contributed by atoms with van der Waals surface area (Å²) in [5.74, 6) is 0.476. The molecule has 25 atom stereocenters. The third-order valence-corrected chi connectivity index (χ3v) is 18.7. The standard InChI is InChI=1S/C48H82O19/c1-21(9-13-31(45(4,5)61)66-43-40(37(58)34(55)27(20-51)64-43)67-42-39(60)36(57)33(54)26(19-50)63-42)22-15-16-46(6)28-12-10-23-24(48(28,8)29(52)17-47(22,46)7)11-14-30(44(23,2)3)65-41-38(59)35(56)32(53)25(18-49)62-41/h10,21-22,24-43,49-61H,9,11-20H2,1-8H3/t21-,22-,24+,25-,26-,27-,28+,29-,30+,31-,32-,33-,34-,35+,36+,37+,38-,39-,40-,41+,42+,43+,46+,47-,48+/m1/s1. The van der Waals surface area contributed by atoms with Crippen LogP contribution in [0.15, 0.2) is 11.6 Å². The first kappa shape index (κ1) is 53.8. The molecule has 0 radical (unpaired) electrons. The number of aliphatic hydroxyl groups excluding tert-OH is 12. The fourth-order valence-corrected chi connectivity index (χ4v) is 14.2. The highest BCUT2D eigenvalue weighted by Crippen LogP contribution is 2.75. The molecule has 3 aliphatic heterocycles. The van der Waals surface area contributed by atoms with Gasteiger partial charge in [0.15, 0.2) is 18.9 Å². The van der Waals surface area contributed by atoms with Crippen molar-refractivity contribution in [1.82, 2.24) is 0 Å². The molecule has 0 aromatic carbocycles. The Labute approximate surface area is 393 Å². The van der Waals surface area contributed by atoms with Gasteiger partial charge in [-0.05, 0) is 99.7 Å². The summed E-state index contributed by atoms with van der Waals surface area (Å²) in [5.41, 5.74) is -1.70. The van der Waals surface area contributed by atoms with Gasteiger partial charge in [0, 0.05) is 10.8 Å². The Hall–Kier alpha value is -1.02. The van der Waals surface area contributed by atoms with Crippen LogP contribution in [-0.2, 0) is 28.4 Å². The third kappa shape index (κ3) is 9.13. The number of allylic oxidation sites excluding steroid dienone is 1. The van der Waals surface area contributed by atoms with Crippen LogP contribution in [0.1, 0.15) is 107 Å². The maximum atomic E-state index is 12.6. The van der Waals surface area contributed by atoms with Gasteiger partial charge in [0.2, 0.25) is 0 Å². The minimum Gasteiger partial charge on any atom is -0.394 e. The zero-order chi connectivity index (χ0) is 49.5. The molecule has 0 bridgehead atoms. The second kappa shape index (κ2) is 19.8. The van der Waals surface area contributed by atoms with Gasteiger partial charge < -0.3 is 94.8 Å². The van der Waals surface area contributed by atoms with E-state index in [-0.39, 0.29) is 34.5 Å². The van der Waals surface area contributed by atoms with E-state index in [1.165, 1.54) is 5.57 Å². The number of ether oxygens (including phenoxy) is 6. The molecule has 388 valence electrons. The Kier molecular flexibility index (Phi) is 15.9. The quantitative estimate of drug-likeness (QED) is 0.0924. The predicted octanol–water partition coefficient (Wildman–Crippen LogP) is -1.06. The SMILES string of the molecule is C[C@H](CC[C@@H](O[C@@H]1O[C@H](CO)[C@@H](O)[C@H](O)[C@H]1O[C@@H]1O[C@H](CO)[C@@H](O)[C@H](O)[C@H]1O)C(C)(C)O)[C@H]1CC[C@@]2(C)[C@@H]3CC=C4[C@H](CC[C@H](O[C@@H]5O[C@H](CO)[C@@H](O)[C@H](O)[C@H]5O)C4(C)C)[C@]3(C)[C@H](O)C[C@]12C. The highest BCUT2D eigenvalue weighted by Gasteiger charge is 2.70. The van der Waals surface area contributed by atoms with Crippen LogP contribution in [-0.4, -0.2) is 202 Å². The predicted molar refractivity (Wildman–Crippen MR) is 235 cm³/mol. The topological polar surface area (TPSA) is 318 Å². The summed E-state index contributed by atoms with van der Waals surface area (Å²) in [4.78, 5) is 0.